The summed E-state index contributed by atoms with van der Waals surface area (Å²) < 4.78 is 10.1. The fourth-order valence-corrected chi connectivity index (χ4v) is 2.61. The number of carbonyl (C=O) groups excluding carboxylic acids is 3. The highest BCUT2D eigenvalue weighted by atomic mass is 16.6. The van der Waals surface area contributed by atoms with Gasteiger partial charge in [-0.15, -0.1) is 0 Å². The molecule has 0 unspecified atom stereocenters. The summed E-state index contributed by atoms with van der Waals surface area (Å²) in [6.07, 6.45) is 3.80. The van der Waals surface area contributed by atoms with Crippen molar-refractivity contribution in [3.05, 3.63) is 64.7 Å². The fourth-order valence-electron chi connectivity index (χ4n) is 2.61. The van der Waals surface area contributed by atoms with Crippen LogP contribution in [0.25, 0.3) is 6.08 Å². The number of nitrogens with one attached hydrogen (secondary N) is 1. The van der Waals surface area contributed by atoms with Gasteiger partial charge >= 0.3 is 11.9 Å². The third-order valence-corrected chi connectivity index (χ3v) is 4.19. The number of hydrogen-bond acceptors (Lipinski definition) is 5. The van der Waals surface area contributed by atoms with Gasteiger partial charge < -0.3 is 14.8 Å². The first-order valence-corrected chi connectivity index (χ1v) is 9.27. The SMILES string of the molecule is CC(=O)Oc1ccc(CCNC(=O)/C=C/c2ccc(C)c(C)c2)cc1OC(C)=O. The Kier molecular flexibility index (Phi) is 7.71. The van der Waals surface area contributed by atoms with E-state index < -0.39 is 11.9 Å². The maximum atomic E-state index is 12.0. The first-order chi connectivity index (χ1) is 13.7. The monoisotopic (exact) mass is 395 g/mol. The molecule has 0 aromatic heterocycles. The molecule has 1 N–H and O–H groups in total. The summed E-state index contributed by atoms with van der Waals surface area (Å²) in [7, 11) is 0. The minimum atomic E-state index is -0.514. The van der Waals surface area contributed by atoms with Crippen LogP contribution in [0.4, 0.5) is 0 Å². The van der Waals surface area contributed by atoms with E-state index in [1.807, 2.05) is 32.0 Å². The number of carbonyl (C=O) groups is 3. The third-order valence-electron chi connectivity index (χ3n) is 4.19. The Morgan fingerprint density at radius 1 is 0.897 bits per heavy atom. The summed E-state index contributed by atoms with van der Waals surface area (Å²) in [6, 6.07) is 11.0. The highest BCUT2D eigenvalue weighted by Gasteiger charge is 2.11. The minimum Gasteiger partial charge on any atom is -0.423 e. The number of benzene rings is 2. The van der Waals surface area contributed by atoms with E-state index in [-0.39, 0.29) is 17.4 Å². The number of amides is 1. The van der Waals surface area contributed by atoms with Gasteiger partial charge in [0, 0.05) is 26.5 Å². The number of rotatable bonds is 7. The average molecular weight is 395 g/mol. The zero-order valence-electron chi connectivity index (χ0n) is 17.1. The molecule has 0 spiro atoms. The van der Waals surface area contributed by atoms with E-state index in [9.17, 15) is 14.4 Å². The van der Waals surface area contributed by atoms with E-state index in [2.05, 4.69) is 5.32 Å². The summed E-state index contributed by atoms with van der Waals surface area (Å²) in [5.74, 6) is -0.864. The van der Waals surface area contributed by atoms with Crippen molar-refractivity contribution in [1.82, 2.24) is 5.32 Å². The van der Waals surface area contributed by atoms with E-state index in [1.54, 1.807) is 24.3 Å². The lowest BCUT2D eigenvalue weighted by Gasteiger charge is -2.10. The Balaban J connectivity index is 1.94. The second-order valence-corrected chi connectivity index (χ2v) is 6.69. The van der Waals surface area contributed by atoms with Crippen molar-refractivity contribution in [3.8, 4) is 11.5 Å². The zero-order chi connectivity index (χ0) is 21.4. The summed E-state index contributed by atoms with van der Waals surface area (Å²) in [5.41, 5.74) is 4.18. The van der Waals surface area contributed by atoms with Crippen LogP contribution in [0.2, 0.25) is 0 Å². The lowest BCUT2D eigenvalue weighted by molar-refractivity contribution is -0.134. The van der Waals surface area contributed by atoms with E-state index in [1.165, 1.54) is 31.1 Å². The van der Waals surface area contributed by atoms with Gasteiger partial charge in [-0.2, -0.15) is 0 Å². The summed E-state index contributed by atoms with van der Waals surface area (Å²) in [5, 5.41) is 2.82. The van der Waals surface area contributed by atoms with Gasteiger partial charge in [0.2, 0.25) is 5.91 Å². The van der Waals surface area contributed by atoms with E-state index in [0.717, 1.165) is 11.1 Å². The molecule has 0 aliphatic carbocycles. The van der Waals surface area contributed by atoms with Gasteiger partial charge in [0.05, 0.1) is 0 Å². The Labute approximate surface area is 170 Å². The van der Waals surface area contributed by atoms with Gasteiger partial charge in [0.1, 0.15) is 0 Å². The summed E-state index contributed by atoms with van der Waals surface area (Å²) >= 11 is 0. The molecule has 0 fully saturated rings. The molecule has 0 heterocycles. The van der Waals surface area contributed by atoms with Gasteiger partial charge in [0.25, 0.3) is 0 Å². The van der Waals surface area contributed by atoms with Gasteiger partial charge in [0.15, 0.2) is 11.5 Å². The third kappa shape index (κ3) is 7.25. The quantitative estimate of drug-likeness (QED) is 0.441. The van der Waals surface area contributed by atoms with Gasteiger partial charge in [-0.1, -0.05) is 24.3 Å². The lowest BCUT2D eigenvalue weighted by Crippen LogP contribution is -2.23. The number of esters is 2. The van der Waals surface area contributed by atoms with Crippen LogP contribution in [0.1, 0.15) is 36.1 Å². The molecule has 0 saturated heterocycles. The van der Waals surface area contributed by atoms with E-state index in [0.29, 0.717) is 13.0 Å². The Hall–Kier alpha value is -3.41. The first kappa shape index (κ1) is 21.9. The molecule has 0 radical (unpaired) electrons. The molecule has 1 amide bonds. The van der Waals surface area contributed by atoms with E-state index in [4.69, 9.17) is 9.47 Å². The van der Waals surface area contributed by atoms with Gasteiger partial charge in [-0.3, -0.25) is 14.4 Å². The standard InChI is InChI=1S/C23H25NO5/c1-15-5-6-19(13-16(15)2)8-10-23(27)24-12-11-20-7-9-21(28-17(3)25)22(14-20)29-18(4)26/h5-10,13-14H,11-12H2,1-4H3,(H,24,27)/b10-8+. The molecule has 152 valence electrons. The van der Waals surface area contributed by atoms with Crippen LogP contribution in [0.5, 0.6) is 11.5 Å². The second-order valence-electron chi connectivity index (χ2n) is 6.69. The van der Waals surface area contributed by atoms with Crippen molar-refractivity contribution in [2.24, 2.45) is 0 Å². The maximum Gasteiger partial charge on any atom is 0.308 e. The molecule has 0 saturated carbocycles. The fraction of sp³-hybridized carbons (Fsp3) is 0.261. The van der Waals surface area contributed by atoms with Crippen molar-refractivity contribution < 1.29 is 23.9 Å². The summed E-state index contributed by atoms with van der Waals surface area (Å²) in [6.45, 7) is 7.02. The number of hydrogen-bond donors (Lipinski definition) is 1. The molecule has 0 aliphatic rings. The van der Waals surface area contributed by atoms with Crippen LogP contribution >= 0.6 is 0 Å². The molecule has 2 aromatic carbocycles. The normalized spacial score (nSPS) is 10.6. The molecule has 29 heavy (non-hydrogen) atoms. The lowest BCUT2D eigenvalue weighted by atomic mass is 10.1. The molecular weight excluding hydrogens is 370 g/mol. The maximum absolute atomic E-state index is 12.0. The molecule has 0 atom stereocenters. The smallest absolute Gasteiger partial charge is 0.308 e. The van der Waals surface area contributed by atoms with Crippen molar-refractivity contribution >= 4 is 23.9 Å². The highest BCUT2D eigenvalue weighted by Crippen LogP contribution is 2.29. The van der Waals surface area contributed by atoms with Crippen LogP contribution in [-0.4, -0.2) is 24.4 Å². The van der Waals surface area contributed by atoms with Crippen LogP contribution < -0.4 is 14.8 Å². The molecule has 6 heteroatoms. The van der Waals surface area contributed by atoms with Crippen LogP contribution in [0.15, 0.2) is 42.5 Å². The molecule has 2 rings (SSSR count). The molecule has 0 bridgehead atoms. The van der Waals surface area contributed by atoms with Gasteiger partial charge in [-0.05, 0) is 60.7 Å². The van der Waals surface area contributed by atoms with Gasteiger partial charge in [-0.25, -0.2) is 0 Å². The average Bonchev–Trinajstić information content (AvgIpc) is 2.64. The van der Waals surface area contributed by atoms with E-state index >= 15 is 0 Å². The minimum absolute atomic E-state index is 0.172. The van der Waals surface area contributed by atoms with Crippen molar-refractivity contribution in [2.75, 3.05) is 6.54 Å². The van der Waals surface area contributed by atoms with Crippen LogP contribution in [0, 0.1) is 13.8 Å². The topological polar surface area (TPSA) is 81.7 Å². The first-order valence-electron chi connectivity index (χ1n) is 9.27. The zero-order valence-corrected chi connectivity index (χ0v) is 17.1. The van der Waals surface area contributed by atoms with Crippen molar-refractivity contribution in [3.63, 3.8) is 0 Å². The predicted octanol–water partition coefficient (Wildman–Crippen LogP) is 3.53. The number of ether oxygens (including phenoxy) is 2. The molecular formula is C23H25NO5. The van der Waals surface area contributed by atoms with Crippen LogP contribution in [0.3, 0.4) is 0 Å². The molecule has 6 nitrogen and oxygen atoms in total. The predicted molar refractivity (Wildman–Crippen MR) is 111 cm³/mol. The van der Waals surface area contributed by atoms with Crippen molar-refractivity contribution in [1.29, 1.82) is 0 Å². The van der Waals surface area contributed by atoms with Crippen molar-refractivity contribution in [2.45, 2.75) is 34.1 Å². The second kappa shape index (κ2) is 10.2. The summed E-state index contributed by atoms with van der Waals surface area (Å²) in [4.78, 5) is 34.5. The molecule has 0 aliphatic heterocycles. The van der Waals surface area contributed by atoms with Crippen LogP contribution in [-0.2, 0) is 20.8 Å². The Morgan fingerprint density at radius 3 is 2.24 bits per heavy atom. The Bertz CT molecular complexity index is 946. The molecule has 2 aromatic rings. The largest absolute Gasteiger partial charge is 0.423 e. The number of aryl methyl sites for hydroxylation is 2. The Morgan fingerprint density at radius 2 is 1.59 bits per heavy atom. The highest BCUT2D eigenvalue weighted by molar-refractivity contribution is 5.91.